The second-order valence-electron chi connectivity index (χ2n) is 8.33. The Bertz CT molecular complexity index is 1300. The van der Waals surface area contributed by atoms with Crippen molar-refractivity contribution in [3.63, 3.8) is 0 Å². The number of amides is 2. The number of ether oxygens (including phenoxy) is 1. The maximum Gasteiger partial charge on any atom is 0.413 e. The number of carbonyl (C=O) groups is 2. The summed E-state index contributed by atoms with van der Waals surface area (Å²) in [4.78, 5) is 22.4. The summed E-state index contributed by atoms with van der Waals surface area (Å²) in [5, 5.41) is 14.1. The fourth-order valence-electron chi connectivity index (χ4n) is 3.70. The lowest BCUT2D eigenvalue weighted by Crippen LogP contribution is -2.32. The second-order valence-corrected chi connectivity index (χ2v) is 11.6. The number of nitriles is 1. The van der Waals surface area contributed by atoms with Crippen molar-refractivity contribution in [1.82, 2.24) is 9.78 Å². The first kappa shape index (κ1) is 25.3. The third-order valence-corrected chi connectivity index (χ3v) is 7.59. The van der Waals surface area contributed by atoms with Gasteiger partial charge in [-0.25, -0.2) is 9.48 Å². The van der Waals surface area contributed by atoms with Crippen LogP contribution in [0.25, 0.3) is 5.69 Å². The first-order valence-electron chi connectivity index (χ1n) is 10.0. The molecule has 0 saturated heterocycles. The number of hydrogen-bond acceptors (Lipinski definition) is 5. The van der Waals surface area contributed by atoms with Gasteiger partial charge in [-0.3, -0.25) is 10.1 Å². The molecule has 3 N–H and O–H groups in total. The van der Waals surface area contributed by atoms with Crippen LogP contribution in [0.5, 0.6) is 0 Å². The molecule has 190 valence electrons. The molecule has 1 heterocycles. The maximum absolute atomic E-state index is 13.3. The molecule has 0 atom stereocenters. The van der Waals surface area contributed by atoms with Crippen LogP contribution in [0, 0.1) is 11.3 Å². The second kappa shape index (κ2) is 7.37. The number of nitrogens with one attached hydrogen (secondary N) is 1. The van der Waals surface area contributed by atoms with E-state index in [2.05, 4.69) is 10.4 Å². The van der Waals surface area contributed by atoms with Crippen molar-refractivity contribution >= 4 is 51.2 Å². The van der Waals surface area contributed by atoms with E-state index >= 15 is 0 Å². The number of carbonyl (C=O) groups excluding carboxylic acids is 2. The van der Waals surface area contributed by atoms with Gasteiger partial charge in [0.05, 0.1) is 15.5 Å². The number of nitrogens with zero attached hydrogens (tertiary/aromatic N) is 3. The lowest BCUT2D eigenvalue weighted by Gasteiger charge is -2.40. The average molecular weight is 560 g/mol. The molecule has 2 aliphatic rings. The van der Waals surface area contributed by atoms with Crippen LogP contribution >= 0.6 is 33.4 Å². The third-order valence-electron chi connectivity index (χ3n) is 5.89. The summed E-state index contributed by atoms with van der Waals surface area (Å²) < 4.78 is 72.5. The van der Waals surface area contributed by atoms with E-state index in [0.29, 0.717) is 17.5 Å². The Morgan fingerprint density at radius 2 is 1.77 bits per heavy atom. The van der Waals surface area contributed by atoms with Gasteiger partial charge in [0.2, 0.25) is 5.91 Å². The highest BCUT2D eigenvalue weighted by Crippen LogP contribution is 3.02. The Labute approximate surface area is 204 Å². The van der Waals surface area contributed by atoms with E-state index < -0.39 is 54.0 Å². The normalized spacial score (nSPS) is 19.0. The Morgan fingerprint density at radius 1 is 1.20 bits per heavy atom. The molecule has 35 heavy (non-hydrogen) atoms. The Kier molecular flexibility index (Phi) is 5.34. The summed E-state index contributed by atoms with van der Waals surface area (Å²) in [5.41, 5.74) is 3.07. The van der Waals surface area contributed by atoms with Crippen LogP contribution in [0.1, 0.15) is 43.4 Å². The zero-order chi connectivity index (χ0) is 26.0. The minimum absolute atomic E-state index is 0.0326. The van der Waals surface area contributed by atoms with Crippen molar-refractivity contribution in [1.29, 1.82) is 5.26 Å². The number of halogens is 7. The van der Waals surface area contributed by atoms with Gasteiger partial charge in [-0.05, 0) is 44.2 Å². The highest BCUT2D eigenvalue weighted by Gasteiger charge is 2.65. The van der Waals surface area contributed by atoms with Gasteiger partial charge in [0.15, 0.2) is 5.69 Å². The molecule has 2 fully saturated rings. The molecule has 2 amide bonds. The summed E-state index contributed by atoms with van der Waals surface area (Å²) in [6.07, 6.45) is 1.08. The lowest BCUT2D eigenvalue weighted by atomic mass is 9.94. The van der Waals surface area contributed by atoms with Gasteiger partial charge in [-0.15, -0.1) is 0 Å². The van der Waals surface area contributed by atoms with Gasteiger partial charge in [-0.2, -0.15) is 10.4 Å². The van der Waals surface area contributed by atoms with Gasteiger partial charge in [-0.1, -0.05) is 42.6 Å². The van der Waals surface area contributed by atoms with Crippen molar-refractivity contribution in [2.24, 2.45) is 5.73 Å². The molecule has 0 unspecified atom stereocenters. The molecule has 0 radical (unpaired) electrons. The van der Waals surface area contributed by atoms with Crippen molar-refractivity contribution in [2.75, 3.05) is 5.32 Å². The number of nitrogens with two attached hydrogens (primary N) is 1. The number of anilines is 1. The molecular formula is C19H16Cl2F5N5O3S. The lowest BCUT2D eigenvalue weighted by molar-refractivity contribution is -0.120. The molecule has 2 aliphatic carbocycles. The van der Waals surface area contributed by atoms with Crippen molar-refractivity contribution in [2.45, 2.75) is 48.5 Å². The molecular weight excluding hydrogens is 544 g/mol. The summed E-state index contributed by atoms with van der Waals surface area (Å²) in [6, 6.07) is 1.67. The first-order valence-corrected chi connectivity index (χ1v) is 12.7. The summed E-state index contributed by atoms with van der Waals surface area (Å²) >= 11 is 11.9. The van der Waals surface area contributed by atoms with Gasteiger partial charge >= 0.3 is 16.3 Å². The van der Waals surface area contributed by atoms with Gasteiger partial charge in [0, 0.05) is 5.56 Å². The maximum atomic E-state index is 13.3. The molecule has 8 nitrogen and oxygen atoms in total. The number of rotatable bonds is 6. The van der Waals surface area contributed by atoms with Crippen LogP contribution in [-0.2, 0) is 14.9 Å². The van der Waals surface area contributed by atoms with E-state index in [0.717, 1.165) is 6.42 Å². The first-order chi connectivity index (χ1) is 16.0. The van der Waals surface area contributed by atoms with Crippen LogP contribution in [0.3, 0.4) is 0 Å². The summed E-state index contributed by atoms with van der Waals surface area (Å²) in [5.74, 6) is -1.19. The summed E-state index contributed by atoms with van der Waals surface area (Å²) in [6.45, 7) is 0. The summed E-state index contributed by atoms with van der Waals surface area (Å²) in [7, 11) is -10.1. The number of aromatic nitrogens is 2. The van der Waals surface area contributed by atoms with Crippen molar-refractivity contribution in [3.8, 4) is 11.8 Å². The van der Waals surface area contributed by atoms with Gasteiger partial charge < -0.3 is 10.5 Å². The Balaban J connectivity index is 1.91. The fraction of sp³-hybridized carbons (Fsp3) is 0.368. The SMILES string of the molecule is N#Cc1nn(-c2c(Cl)cc(S(F)(F)(F)(F)F)cc2Cl)c(NC(=O)OC2CCC2)c1C1(C(N)=O)CC1. The van der Waals surface area contributed by atoms with Crippen LogP contribution in [-0.4, -0.2) is 27.9 Å². The molecule has 0 aliphatic heterocycles. The zero-order valence-electron chi connectivity index (χ0n) is 17.5. The molecule has 2 aromatic rings. The zero-order valence-corrected chi connectivity index (χ0v) is 19.8. The minimum atomic E-state index is -10.1. The van der Waals surface area contributed by atoms with Crippen LogP contribution < -0.4 is 11.1 Å². The van der Waals surface area contributed by atoms with E-state index in [4.69, 9.17) is 33.7 Å². The van der Waals surface area contributed by atoms with E-state index in [1.165, 1.54) is 0 Å². The number of hydrogen-bond donors (Lipinski definition) is 2. The molecule has 1 aromatic carbocycles. The predicted octanol–water partition coefficient (Wildman–Crippen LogP) is 6.33. The van der Waals surface area contributed by atoms with E-state index in [-0.39, 0.29) is 42.5 Å². The fourth-order valence-corrected chi connectivity index (χ4v) is 5.16. The average Bonchev–Trinajstić information content (AvgIpc) is 3.41. The van der Waals surface area contributed by atoms with E-state index in [1.54, 1.807) is 6.07 Å². The minimum Gasteiger partial charge on any atom is -0.446 e. The Hall–Kier alpha value is -2.76. The highest BCUT2D eigenvalue weighted by atomic mass is 35.5. The Morgan fingerprint density at radius 3 is 2.17 bits per heavy atom. The monoisotopic (exact) mass is 559 g/mol. The van der Waals surface area contributed by atoms with Crippen LogP contribution in [0.15, 0.2) is 17.0 Å². The standard InChI is InChI=1S/C19H16Cl2F5N5O3S/c20-11-6-10(35(22,23,24,25)26)7-12(21)15(11)31-16(29-18(33)34-9-2-1-3-9)14(13(8-27)30-31)19(4-5-19)17(28)32/h6-7,9H,1-5H2,(H2,28,32)(H,29,33). The number of primary amides is 1. The van der Waals surface area contributed by atoms with Gasteiger partial charge in [0.25, 0.3) is 0 Å². The molecule has 1 aromatic heterocycles. The molecule has 0 bridgehead atoms. The predicted molar refractivity (Wildman–Crippen MR) is 118 cm³/mol. The number of benzene rings is 1. The van der Waals surface area contributed by atoms with Crippen molar-refractivity contribution in [3.05, 3.63) is 33.4 Å². The largest absolute Gasteiger partial charge is 0.446 e. The van der Waals surface area contributed by atoms with Crippen molar-refractivity contribution < 1.29 is 33.8 Å². The molecule has 16 heteroatoms. The van der Waals surface area contributed by atoms with Crippen LogP contribution in [0.2, 0.25) is 10.0 Å². The highest BCUT2D eigenvalue weighted by molar-refractivity contribution is 8.45. The molecule has 4 rings (SSSR count). The molecule has 0 spiro atoms. The van der Waals surface area contributed by atoms with E-state index in [9.17, 15) is 34.3 Å². The quantitative estimate of drug-likeness (QED) is 0.400. The van der Waals surface area contributed by atoms with Crippen LogP contribution in [0.4, 0.5) is 30.0 Å². The third kappa shape index (κ3) is 4.60. The smallest absolute Gasteiger partial charge is 0.413 e. The molecule has 2 saturated carbocycles. The van der Waals surface area contributed by atoms with E-state index in [1.807, 2.05) is 0 Å². The van der Waals surface area contributed by atoms with Gasteiger partial charge in [0.1, 0.15) is 28.6 Å². The topological polar surface area (TPSA) is 123 Å².